The van der Waals surface area contributed by atoms with E-state index >= 15 is 0 Å². The number of pyridine rings is 1. The number of β-lactam (4-membered cyclic amide) rings is 1. The Hall–Kier alpha value is -3.10. The first-order chi connectivity index (χ1) is 13.2. The molecule has 3 N–H and O–H groups in total. The molecule has 1 aromatic heterocycles. The van der Waals surface area contributed by atoms with Gasteiger partial charge in [0, 0.05) is 6.20 Å². The number of carbonyl (C=O) groups excluding carboxylic acids is 2. The summed E-state index contributed by atoms with van der Waals surface area (Å²) in [4.78, 5) is 28.8. The Bertz CT molecular complexity index is 873. The molecule has 1 saturated heterocycles. The number of urea groups is 1. The van der Waals surface area contributed by atoms with Crippen LogP contribution >= 0.6 is 0 Å². The summed E-state index contributed by atoms with van der Waals surface area (Å²) < 4.78 is 40.7. The van der Waals surface area contributed by atoms with Gasteiger partial charge in [-0.05, 0) is 36.6 Å². The summed E-state index contributed by atoms with van der Waals surface area (Å²) in [5, 5.41) is 2.46. The average molecular weight is 392 g/mol. The fourth-order valence-corrected chi connectivity index (χ4v) is 3.30. The molecule has 9 heteroatoms. The maximum atomic E-state index is 13.6. The van der Waals surface area contributed by atoms with E-state index in [-0.39, 0.29) is 17.1 Å². The van der Waals surface area contributed by atoms with Crippen molar-refractivity contribution in [2.45, 2.75) is 31.6 Å². The summed E-state index contributed by atoms with van der Waals surface area (Å²) in [7, 11) is 0. The lowest BCUT2D eigenvalue weighted by molar-refractivity contribution is -0.220. The number of rotatable bonds is 4. The van der Waals surface area contributed by atoms with Crippen LogP contribution < -0.4 is 11.1 Å². The van der Waals surface area contributed by atoms with Crippen molar-refractivity contribution < 1.29 is 22.8 Å². The number of alkyl halides is 3. The number of nitrogens with one attached hydrogen (secondary N) is 1. The maximum absolute atomic E-state index is 13.6. The Balaban J connectivity index is 1.75. The minimum Gasteiger partial charge on any atom is -0.384 e. The zero-order valence-electron chi connectivity index (χ0n) is 15.0. The standard InChI is InChI=1S/C19H19F3N4O2/c1-11(13-5-3-2-4-6-13)25-18(28)26-16(19(20,21)22)14(17(26)27)9-12-7-8-24-15(23)10-12/h2-8,10-11,14,16H,9H2,1H3,(H2,23,24)(H,25,28)/t11-,14-,16+/m1/s1. The molecule has 3 atom stereocenters. The van der Waals surface area contributed by atoms with Gasteiger partial charge in [-0.3, -0.25) is 9.69 Å². The van der Waals surface area contributed by atoms with Gasteiger partial charge in [0.25, 0.3) is 0 Å². The zero-order chi connectivity index (χ0) is 20.5. The predicted octanol–water partition coefficient (Wildman–Crippen LogP) is 3.07. The summed E-state index contributed by atoms with van der Waals surface area (Å²) in [6.07, 6.45) is -3.54. The van der Waals surface area contributed by atoms with Gasteiger partial charge < -0.3 is 11.1 Å². The van der Waals surface area contributed by atoms with Crippen LogP contribution in [0.3, 0.4) is 0 Å². The number of amides is 3. The highest BCUT2D eigenvalue weighted by Crippen LogP contribution is 2.41. The molecule has 2 aromatic rings. The second-order valence-electron chi connectivity index (χ2n) is 6.68. The molecule has 0 aliphatic carbocycles. The average Bonchev–Trinajstić information content (AvgIpc) is 2.63. The van der Waals surface area contributed by atoms with Crippen molar-refractivity contribution in [2.75, 3.05) is 5.73 Å². The Morgan fingerprint density at radius 3 is 2.57 bits per heavy atom. The Labute approximate surface area is 159 Å². The molecule has 0 radical (unpaired) electrons. The van der Waals surface area contributed by atoms with Crippen molar-refractivity contribution in [1.29, 1.82) is 0 Å². The van der Waals surface area contributed by atoms with E-state index in [9.17, 15) is 22.8 Å². The van der Waals surface area contributed by atoms with Crippen molar-refractivity contribution in [1.82, 2.24) is 15.2 Å². The molecule has 1 fully saturated rings. The van der Waals surface area contributed by atoms with E-state index in [0.29, 0.717) is 5.56 Å². The molecule has 148 valence electrons. The number of carbonyl (C=O) groups is 2. The van der Waals surface area contributed by atoms with Crippen LogP contribution in [0.15, 0.2) is 48.7 Å². The van der Waals surface area contributed by atoms with Gasteiger partial charge in [-0.15, -0.1) is 0 Å². The van der Waals surface area contributed by atoms with Gasteiger partial charge in [-0.2, -0.15) is 13.2 Å². The number of hydrogen-bond acceptors (Lipinski definition) is 4. The minimum absolute atomic E-state index is 0.152. The lowest BCUT2D eigenvalue weighted by atomic mass is 9.82. The fourth-order valence-electron chi connectivity index (χ4n) is 3.30. The van der Waals surface area contributed by atoms with Crippen molar-refractivity contribution in [2.24, 2.45) is 5.92 Å². The van der Waals surface area contributed by atoms with E-state index in [1.54, 1.807) is 37.3 Å². The van der Waals surface area contributed by atoms with Crippen LogP contribution in [-0.2, 0) is 11.2 Å². The first-order valence-corrected chi connectivity index (χ1v) is 8.64. The second kappa shape index (κ2) is 7.49. The maximum Gasteiger partial charge on any atom is 0.410 e. The molecular weight excluding hydrogens is 373 g/mol. The summed E-state index contributed by atoms with van der Waals surface area (Å²) in [6.45, 7) is 1.64. The summed E-state index contributed by atoms with van der Waals surface area (Å²) in [6, 6.07) is 7.89. The fraction of sp³-hybridized carbons (Fsp3) is 0.316. The molecular formula is C19H19F3N4O2. The van der Waals surface area contributed by atoms with Crippen LogP contribution in [0, 0.1) is 5.92 Å². The van der Waals surface area contributed by atoms with Crippen LogP contribution in [-0.4, -0.2) is 34.0 Å². The number of nitrogens with zero attached hydrogens (tertiary/aromatic N) is 2. The van der Waals surface area contributed by atoms with Crippen LogP contribution in [0.25, 0.3) is 0 Å². The normalized spacial score (nSPS) is 20.4. The highest BCUT2D eigenvalue weighted by atomic mass is 19.4. The Morgan fingerprint density at radius 1 is 1.29 bits per heavy atom. The van der Waals surface area contributed by atoms with Crippen LogP contribution in [0.1, 0.15) is 24.1 Å². The number of likely N-dealkylation sites (tertiary alicyclic amines) is 1. The van der Waals surface area contributed by atoms with Gasteiger partial charge in [0.2, 0.25) is 5.91 Å². The van der Waals surface area contributed by atoms with Gasteiger partial charge in [0.05, 0.1) is 12.0 Å². The van der Waals surface area contributed by atoms with Crippen molar-refractivity contribution >= 4 is 17.8 Å². The SMILES string of the molecule is C[C@@H](NC(=O)N1C(=O)[C@H](Cc2ccnc(N)c2)[C@H]1C(F)(F)F)c1ccccc1. The van der Waals surface area contributed by atoms with Crippen LogP contribution in [0.2, 0.25) is 0 Å². The third-order valence-corrected chi connectivity index (χ3v) is 4.71. The third-order valence-electron chi connectivity index (χ3n) is 4.71. The third kappa shape index (κ3) is 3.92. The number of nitrogen functional groups attached to an aromatic ring is 1. The molecule has 1 aromatic carbocycles. The summed E-state index contributed by atoms with van der Waals surface area (Å²) >= 11 is 0. The largest absolute Gasteiger partial charge is 0.410 e. The number of nitrogens with two attached hydrogens (primary N) is 1. The number of halogens is 3. The highest BCUT2D eigenvalue weighted by molar-refractivity contribution is 6.01. The topological polar surface area (TPSA) is 88.3 Å². The molecule has 0 spiro atoms. The lowest BCUT2D eigenvalue weighted by Crippen LogP contribution is -2.70. The van der Waals surface area contributed by atoms with E-state index in [4.69, 9.17) is 5.73 Å². The molecule has 1 aliphatic heterocycles. The van der Waals surface area contributed by atoms with Gasteiger partial charge in [-0.25, -0.2) is 9.78 Å². The van der Waals surface area contributed by atoms with Crippen LogP contribution in [0.5, 0.6) is 0 Å². The van der Waals surface area contributed by atoms with E-state index in [0.717, 1.165) is 5.56 Å². The number of hydrogen-bond donors (Lipinski definition) is 2. The second-order valence-corrected chi connectivity index (χ2v) is 6.68. The van der Waals surface area contributed by atoms with Crippen LogP contribution in [0.4, 0.5) is 23.8 Å². The van der Waals surface area contributed by atoms with E-state index in [1.165, 1.54) is 18.3 Å². The number of anilines is 1. The molecule has 1 aliphatic rings. The first-order valence-electron chi connectivity index (χ1n) is 8.64. The first kappa shape index (κ1) is 19.7. The quantitative estimate of drug-likeness (QED) is 0.783. The molecule has 6 nitrogen and oxygen atoms in total. The Morgan fingerprint density at radius 2 is 1.96 bits per heavy atom. The molecule has 3 amide bonds. The van der Waals surface area contributed by atoms with E-state index in [2.05, 4.69) is 10.3 Å². The molecule has 3 rings (SSSR count). The van der Waals surface area contributed by atoms with E-state index in [1.807, 2.05) is 0 Å². The molecule has 28 heavy (non-hydrogen) atoms. The highest BCUT2D eigenvalue weighted by Gasteiger charge is 2.62. The van der Waals surface area contributed by atoms with Gasteiger partial charge in [-0.1, -0.05) is 30.3 Å². The number of imide groups is 1. The monoisotopic (exact) mass is 392 g/mol. The molecule has 0 saturated carbocycles. The van der Waals surface area contributed by atoms with Crippen molar-refractivity contribution in [3.05, 3.63) is 59.8 Å². The molecule has 0 unspecified atom stereocenters. The molecule has 0 bridgehead atoms. The smallest absolute Gasteiger partial charge is 0.384 e. The van der Waals surface area contributed by atoms with Gasteiger partial charge >= 0.3 is 12.2 Å². The van der Waals surface area contributed by atoms with Gasteiger partial charge in [0.15, 0.2) is 0 Å². The zero-order valence-corrected chi connectivity index (χ0v) is 15.0. The van der Waals surface area contributed by atoms with E-state index < -0.39 is 36.1 Å². The predicted molar refractivity (Wildman–Crippen MR) is 95.9 cm³/mol. The molecule has 2 heterocycles. The number of benzene rings is 1. The van der Waals surface area contributed by atoms with Gasteiger partial charge in [0.1, 0.15) is 11.9 Å². The van der Waals surface area contributed by atoms with Crippen molar-refractivity contribution in [3.8, 4) is 0 Å². The van der Waals surface area contributed by atoms with Crippen molar-refractivity contribution in [3.63, 3.8) is 0 Å². The Kier molecular flexibility index (Phi) is 5.26. The summed E-state index contributed by atoms with van der Waals surface area (Å²) in [5.74, 6) is -2.09. The minimum atomic E-state index is -4.73. The lowest BCUT2D eigenvalue weighted by Gasteiger charge is -2.46. The summed E-state index contributed by atoms with van der Waals surface area (Å²) in [5.41, 5.74) is 6.72. The number of aromatic nitrogens is 1.